The molecule has 10 heteroatoms. The second-order valence-electron chi connectivity index (χ2n) is 9.25. The van der Waals surface area contributed by atoms with Crippen LogP contribution in [0.25, 0.3) is 16.9 Å². The number of methoxy groups -OCH3 is 1. The van der Waals surface area contributed by atoms with Crippen LogP contribution in [0.2, 0.25) is 0 Å². The van der Waals surface area contributed by atoms with E-state index in [0.717, 1.165) is 54.1 Å². The number of carbonyl (C=O) groups excluding carboxylic acids is 1. The number of rotatable bonds is 7. The van der Waals surface area contributed by atoms with E-state index in [-0.39, 0.29) is 0 Å². The van der Waals surface area contributed by atoms with Crippen LogP contribution in [0.3, 0.4) is 0 Å². The van der Waals surface area contributed by atoms with Crippen LogP contribution >= 0.6 is 0 Å². The molecule has 0 aliphatic carbocycles. The summed E-state index contributed by atoms with van der Waals surface area (Å²) in [5, 5.41) is 7.26. The van der Waals surface area contributed by atoms with Crippen molar-refractivity contribution in [3.8, 4) is 16.9 Å². The summed E-state index contributed by atoms with van der Waals surface area (Å²) in [5.74, 6) is -0.666. The summed E-state index contributed by atoms with van der Waals surface area (Å²) in [6.07, 6.45) is 4.43. The van der Waals surface area contributed by atoms with E-state index in [2.05, 4.69) is 20.3 Å². The zero-order valence-corrected chi connectivity index (χ0v) is 22.0. The highest BCUT2D eigenvalue weighted by molar-refractivity contribution is 5.89. The molecule has 8 nitrogen and oxygen atoms in total. The van der Waals surface area contributed by atoms with Crippen LogP contribution in [0.15, 0.2) is 73.1 Å². The average Bonchev–Trinajstić information content (AvgIpc) is 3.55. The van der Waals surface area contributed by atoms with Crippen molar-refractivity contribution in [2.24, 2.45) is 5.73 Å². The number of aromatic nitrogens is 3. The van der Waals surface area contributed by atoms with Crippen LogP contribution in [0.4, 0.5) is 19.4 Å². The van der Waals surface area contributed by atoms with Crippen LogP contribution in [0.5, 0.6) is 0 Å². The number of amides is 2. The first-order chi connectivity index (χ1) is 18.9. The van der Waals surface area contributed by atoms with Crippen LogP contribution in [0, 0.1) is 18.6 Å². The lowest BCUT2D eigenvalue weighted by Crippen LogP contribution is -2.24. The van der Waals surface area contributed by atoms with Crippen LogP contribution in [-0.2, 0) is 4.74 Å². The minimum atomic E-state index is -0.775. The molecule has 0 saturated carbocycles. The number of urea groups is 1. The van der Waals surface area contributed by atoms with E-state index in [4.69, 9.17) is 10.5 Å². The highest BCUT2D eigenvalue weighted by Gasteiger charge is 2.24. The van der Waals surface area contributed by atoms with Crippen LogP contribution in [-0.4, -0.2) is 59.0 Å². The monoisotopic (exact) mass is 534 g/mol. The van der Waals surface area contributed by atoms with Gasteiger partial charge in [0.05, 0.1) is 18.0 Å². The SMILES string of the molecule is COCCN1CCC(c2ccc(F)c(F)c2)C1.Cc1c(-c2cccnc2)nn(-c2ccccc2)c1NC(N)=O. The van der Waals surface area contributed by atoms with E-state index < -0.39 is 17.7 Å². The zero-order valence-electron chi connectivity index (χ0n) is 22.0. The van der Waals surface area contributed by atoms with Crippen molar-refractivity contribution in [3.63, 3.8) is 0 Å². The second-order valence-corrected chi connectivity index (χ2v) is 9.25. The number of nitrogens with one attached hydrogen (secondary N) is 1. The summed E-state index contributed by atoms with van der Waals surface area (Å²) in [4.78, 5) is 17.7. The maximum absolute atomic E-state index is 13.1. The van der Waals surface area contributed by atoms with Crippen molar-refractivity contribution in [3.05, 3.63) is 95.8 Å². The molecule has 1 aliphatic rings. The Bertz CT molecular complexity index is 1380. The Balaban J connectivity index is 0.000000187. The number of hydrogen-bond acceptors (Lipinski definition) is 5. The van der Waals surface area contributed by atoms with Gasteiger partial charge in [0, 0.05) is 43.7 Å². The maximum Gasteiger partial charge on any atom is 0.317 e. The van der Waals surface area contributed by atoms with Gasteiger partial charge in [-0.25, -0.2) is 18.3 Å². The van der Waals surface area contributed by atoms with E-state index >= 15 is 0 Å². The number of pyridine rings is 1. The molecule has 1 saturated heterocycles. The van der Waals surface area contributed by atoms with Crippen molar-refractivity contribution < 1.29 is 18.3 Å². The van der Waals surface area contributed by atoms with E-state index in [1.807, 2.05) is 49.4 Å². The molecule has 0 spiro atoms. The number of benzene rings is 2. The molecule has 204 valence electrons. The number of nitrogens with zero attached hydrogens (tertiary/aromatic N) is 4. The lowest BCUT2D eigenvalue weighted by molar-refractivity contribution is 0.160. The Labute approximate surface area is 226 Å². The number of carbonyl (C=O) groups is 1. The van der Waals surface area contributed by atoms with Crippen molar-refractivity contribution in [2.45, 2.75) is 19.3 Å². The van der Waals surface area contributed by atoms with Crippen LogP contribution in [0.1, 0.15) is 23.5 Å². The number of hydrogen-bond donors (Lipinski definition) is 2. The first-order valence-electron chi connectivity index (χ1n) is 12.7. The molecule has 3 N–H and O–H groups in total. The summed E-state index contributed by atoms with van der Waals surface area (Å²) >= 11 is 0. The number of halogens is 2. The molecule has 2 amide bonds. The summed E-state index contributed by atoms with van der Waals surface area (Å²) < 4.78 is 32.6. The van der Waals surface area contributed by atoms with Gasteiger partial charge in [-0.15, -0.1) is 0 Å². The quantitative estimate of drug-likeness (QED) is 0.342. The Morgan fingerprint density at radius 2 is 1.92 bits per heavy atom. The van der Waals surface area contributed by atoms with Gasteiger partial charge < -0.3 is 15.4 Å². The molecule has 2 aromatic carbocycles. The predicted molar refractivity (Wildman–Crippen MR) is 147 cm³/mol. The van der Waals surface area contributed by atoms with Gasteiger partial charge >= 0.3 is 6.03 Å². The number of para-hydroxylation sites is 1. The summed E-state index contributed by atoms with van der Waals surface area (Å²) in [6, 6.07) is 16.9. The number of nitrogens with two attached hydrogens (primary N) is 1. The summed E-state index contributed by atoms with van der Waals surface area (Å²) in [7, 11) is 1.68. The number of primary amides is 1. The van der Waals surface area contributed by atoms with Crippen molar-refractivity contribution >= 4 is 11.8 Å². The van der Waals surface area contributed by atoms with E-state index in [1.165, 1.54) is 12.1 Å². The van der Waals surface area contributed by atoms with Gasteiger partial charge in [0.2, 0.25) is 0 Å². The third-order valence-corrected chi connectivity index (χ3v) is 6.60. The lowest BCUT2D eigenvalue weighted by atomic mass is 9.98. The molecule has 4 aromatic rings. The van der Waals surface area contributed by atoms with E-state index in [9.17, 15) is 13.6 Å². The third kappa shape index (κ3) is 7.04. The smallest absolute Gasteiger partial charge is 0.317 e. The molecule has 3 heterocycles. The fraction of sp³-hybridized carbons (Fsp3) is 0.276. The highest BCUT2D eigenvalue weighted by atomic mass is 19.2. The average molecular weight is 535 g/mol. The normalized spacial score (nSPS) is 15.0. The van der Waals surface area contributed by atoms with E-state index in [1.54, 1.807) is 30.3 Å². The number of anilines is 1. The zero-order chi connectivity index (χ0) is 27.8. The minimum Gasteiger partial charge on any atom is -0.383 e. The lowest BCUT2D eigenvalue weighted by Gasteiger charge is -2.15. The molecule has 2 aromatic heterocycles. The van der Waals surface area contributed by atoms with Crippen molar-refractivity contribution in [1.82, 2.24) is 19.7 Å². The topological polar surface area (TPSA) is 98.3 Å². The van der Waals surface area contributed by atoms with Crippen LogP contribution < -0.4 is 11.1 Å². The molecular weight excluding hydrogens is 502 g/mol. The number of likely N-dealkylation sites (tertiary alicyclic amines) is 1. The van der Waals surface area contributed by atoms with Gasteiger partial charge in [0.15, 0.2) is 11.6 Å². The fourth-order valence-corrected chi connectivity index (χ4v) is 4.59. The Kier molecular flexibility index (Phi) is 9.35. The minimum absolute atomic E-state index is 0.307. The molecule has 39 heavy (non-hydrogen) atoms. The molecule has 1 atom stereocenters. The number of ether oxygens (including phenoxy) is 1. The predicted octanol–water partition coefficient (Wildman–Crippen LogP) is 5.13. The summed E-state index contributed by atoms with van der Waals surface area (Å²) in [6.45, 7) is 5.39. The second kappa shape index (κ2) is 13.1. The van der Waals surface area contributed by atoms with Crippen molar-refractivity contribution in [2.75, 3.05) is 38.7 Å². The largest absolute Gasteiger partial charge is 0.383 e. The summed E-state index contributed by atoms with van der Waals surface area (Å²) in [5.41, 5.74) is 9.47. The van der Waals surface area contributed by atoms with Gasteiger partial charge in [-0.05, 0) is 67.8 Å². The standard InChI is InChI=1S/C16H15N5O.C13H17F2NO/c1-11-14(12-6-5-9-18-10-12)20-21(15(11)19-16(17)22)13-7-3-2-4-8-13;1-17-7-6-16-5-4-11(9-16)10-2-3-12(14)13(15)8-10/h2-10H,1H3,(H3,17,19,22);2-3,8,11H,4-7,9H2,1H3. The Morgan fingerprint density at radius 1 is 1.13 bits per heavy atom. The van der Waals surface area contributed by atoms with E-state index in [0.29, 0.717) is 18.3 Å². The molecule has 0 radical (unpaired) electrons. The molecule has 1 unspecified atom stereocenters. The Morgan fingerprint density at radius 3 is 2.59 bits per heavy atom. The first kappa shape index (κ1) is 27.9. The van der Waals surface area contributed by atoms with Crippen molar-refractivity contribution in [1.29, 1.82) is 0 Å². The highest BCUT2D eigenvalue weighted by Crippen LogP contribution is 2.30. The molecular formula is C29H32F2N6O2. The molecule has 5 rings (SSSR count). The first-order valence-corrected chi connectivity index (χ1v) is 12.7. The fourth-order valence-electron chi connectivity index (χ4n) is 4.59. The van der Waals surface area contributed by atoms with Gasteiger partial charge in [-0.2, -0.15) is 5.10 Å². The van der Waals surface area contributed by atoms with Gasteiger partial charge in [-0.1, -0.05) is 24.3 Å². The molecule has 1 fully saturated rings. The molecule has 1 aliphatic heterocycles. The van der Waals surface area contributed by atoms with Gasteiger partial charge in [0.25, 0.3) is 0 Å². The van der Waals surface area contributed by atoms with Gasteiger partial charge in [-0.3, -0.25) is 10.3 Å². The third-order valence-electron chi connectivity index (χ3n) is 6.60. The van der Waals surface area contributed by atoms with Gasteiger partial charge in [0.1, 0.15) is 5.82 Å². The maximum atomic E-state index is 13.1. The molecule has 0 bridgehead atoms. The Hall–Kier alpha value is -4.15.